The number of nitrogens with one attached hydrogen (secondary N) is 1. The molecule has 0 aromatic heterocycles. The van der Waals surface area contributed by atoms with E-state index in [4.69, 9.17) is 33.5 Å². The lowest BCUT2D eigenvalue weighted by Gasteiger charge is -2.47. The first kappa shape index (κ1) is 50.8. The van der Waals surface area contributed by atoms with Gasteiger partial charge in [0.2, 0.25) is 5.79 Å². The minimum atomic E-state index is -2.52. The van der Waals surface area contributed by atoms with Crippen molar-refractivity contribution < 1.29 is 63.2 Å². The Kier molecular flexibility index (Phi) is 19.7. The second-order valence-corrected chi connectivity index (χ2v) is 17.9. The van der Waals surface area contributed by atoms with Gasteiger partial charge >= 0.3 is 5.97 Å². The normalized spacial score (nSPS) is 39.1. The molecule has 2 saturated heterocycles. The van der Waals surface area contributed by atoms with Crippen molar-refractivity contribution in [2.24, 2.45) is 29.6 Å². The summed E-state index contributed by atoms with van der Waals surface area (Å²) < 4.78 is 30.1. The molecule has 0 spiro atoms. The predicted molar refractivity (Wildman–Crippen MR) is 227 cm³/mol. The zero-order chi connectivity index (χ0) is 45.0. The van der Waals surface area contributed by atoms with Crippen LogP contribution in [0.2, 0.25) is 0 Å². The molecule has 1 saturated carbocycles. The van der Waals surface area contributed by atoms with Gasteiger partial charge in [-0.1, -0.05) is 44.6 Å². The van der Waals surface area contributed by atoms with Crippen LogP contribution in [0.5, 0.6) is 0 Å². The monoisotopic (exact) mass is 863 g/mol. The first-order valence-corrected chi connectivity index (χ1v) is 22.2. The molecule has 0 radical (unpaired) electrons. The van der Waals surface area contributed by atoms with Gasteiger partial charge in [0.1, 0.15) is 31.0 Å². The number of aliphatic hydroxyl groups is 3. The van der Waals surface area contributed by atoms with Gasteiger partial charge in [-0.3, -0.25) is 9.59 Å². The average molecular weight is 863 g/mol. The summed E-state index contributed by atoms with van der Waals surface area (Å²) in [6.45, 7) is 13.0. The molecule has 0 aromatic carbocycles. The topological polar surface area (TPSA) is 204 Å². The van der Waals surface area contributed by atoms with Crippen LogP contribution in [-0.2, 0) is 47.8 Å². The average Bonchev–Trinajstić information content (AvgIpc) is 3.24. The van der Waals surface area contributed by atoms with Crippen molar-refractivity contribution in [3.05, 3.63) is 36.0 Å². The third kappa shape index (κ3) is 12.9. The van der Waals surface area contributed by atoms with Crippen LogP contribution < -0.4 is 0 Å². The highest BCUT2D eigenvalue weighted by Gasteiger charge is 2.56. The number of piperidine rings is 1. The first-order valence-electron chi connectivity index (χ1n) is 22.2. The SMILES string of the molecule is C=CC[C@@H]1/C=C(\C)C[C@H](C)C[C@H](OC)[C@H]2O[C@@](O)(C(=O)C(=O)N3CCCC[C@H]3C(=O)O[C@H](/C(C)=C/[C@@H]3CC[C@@H](O)[C@H](OC)C3)[C@H](C)[C@@H](OOCCO)CC1=N)[C@H](C)C[C@@H]2OC. The number of rotatable bonds is 11. The molecule has 1 amide bonds. The molecule has 346 valence electrons. The van der Waals surface area contributed by atoms with E-state index in [1.807, 2.05) is 26.8 Å². The maximum atomic E-state index is 14.6. The lowest BCUT2D eigenvalue weighted by molar-refractivity contribution is -0.336. The summed E-state index contributed by atoms with van der Waals surface area (Å²) in [6.07, 6.45) is 6.07. The third-order valence-electron chi connectivity index (χ3n) is 13.3. The Morgan fingerprint density at radius 2 is 1.67 bits per heavy atom. The van der Waals surface area contributed by atoms with Gasteiger partial charge in [-0.05, 0) is 95.5 Å². The number of ether oxygens (including phenoxy) is 5. The molecule has 3 fully saturated rings. The smallest absolute Gasteiger partial charge is 0.329 e. The van der Waals surface area contributed by atoms with Crippen LogP contribution in [0, 0.1) is 35.0 Å². The molecule has 4 aliphatic rings. The summed E-state index contributed by atoms with van der Waals surface area (Å²) in [7, 11) is 4.64. The predicted octanol–water partition coefficient (Wildman–Crippen LogP) is 5.04. The van der Waals surface area contributed by atoms with Crippen molar-refractivity contribution >= 4 is 23.4 Å². The van der Waals surface area contributed by atoms with Crippen LogP contribution in [0.25, 0.3) is 0 Å². The number of hydrogen-bond acceptors (Lipinski definition) is 14. The van der Waals surface area contributed by atoms with E-state index in [2.05, 4.69) is 19.6 Å². The van der Waals surface area contributed by atoms with Gasteiger partial charge in [0.25, 0.3) is 11.7 Å². The summed E-state index contributed by atoms with van der Waals surface area (Å²) in [4.78, 5) is 55.9. The third-order valence-corrected chi connectivity index (χ3v) is 13.3. The molecule has 2 bridgehead atoms. The van der Waals surface area contributed by atoms with Crippen LogP contribution in [0.3, 0.4) is 0 Å². The summed E-state index contributed by atoms with van der Waals surface area (Å²) in [6, 6.07) is -1.14. The van der Waals surface area contributed by atoms with Crippen LogP contribution in [0.4, 0.5) is 0 Å². The van der Waals surface area contributed by atoms with E-state index >= 15 is 0 Å². The number of carbonyl (C=O) groups excluding carboxylic acids is 3. The van der Waals surface area contributed by atoms with Crippen molar-refractivity contribution in [3.63, 3.8) is 0 Å². The summed E-state index contributed by atoms with van der Waals surface area (Å²) in [5.41, 5.74) is 2.07. The molecule has 4 rings (SSSR count). The van der Waals surface area contributed by atoms with Crippen molar-refractivity contribution in [2.75, 3.05) is 41.1 Å². The number of amides is 1. The van der Waals surface area contributed by atoms with Crippen LogP contribution in [-0.4, -0.2) is 139 Å². The number of aliphatic hydroxyl groups excluding tert-OH is 2. The van der Waals surface area contributed by atoms with Gasteiger partial charge < -0.3 is 49.3 Å². The number of fused-ring (bicyclic) bond motifs is 3. The van der Waals surface area contributed by atoms with E-state index in [1.165, 1.54) is 19.1 Å². The van der Waals surface area contributed by atoms with E-state index in [-0.39, 0.29) is 62.9 Å². The zero-order valence-corrected chi connectivity index (χ0v) is 37.7. The quantitative estimate of drug-likeness (QED) is 0.0538. The minimum absolute atomic E-state index is 0.0111. The first-order chi connectivity index (χ1) is 29.0. The van der Waals surface area contributed by atoms with Gasteiger partial charge in [-0.25, -0.2) is 14.6 Å². The number of methoxy groups -OCH3 is 3. The Balaban J connectivity index is 1.84. The Labute approximate surface area is 362 Å². The molecule has 15 nitrogen and oxygen atoms in total. The van der Waals surface area contributed by atoms with Crippen LogP contribution in [0.15, 0.2) is 36.0 Å². The van der Waals surface area contributed by atoms with Gasteiger partial charge in [-0.15, -0.1) is 6.58 Å². The Hall–Kier alpha value is -2.86. The molecule has 3 heterocycles. The number of allylic oxidation sites excluding steroid dienone is 4. The van der Waals surface area contributed by atoms with E-state index < -0.39 is 77.9 Å². The fraction of sp³-hybridized carbons (Fsp3) is 0.783. The number of carbonyl (C=O) groups is 3. The van der Waals surface area contributed by atoms with Gasteiger partial charge in [0.15, 0.2) is 0 Å². The number of cyclic esters (lactones) is 1. The molecule has 61 heavy (non-hydrogen) atoms. The Bertz CT molecular complexity index is 1550. The maximum Gasteiger partial charge on any atom is 0.329 e. The number of hydrogen-bond donors (Lipinski definition) is 4. The zero-order valence-electron chi connectivity index (χ0n) is 37.7. The fourth-order valence-electron chi connectivity index (χ4n) is 9.74. The molecule has 15 heteroatoms. The Morgan fingerprint density at radius 3 is 2.33 bits per heavy atom. The second kappa shape index (κ2) is 23.7. The molecule has 0 unspecified atom stereocenters. The molecular weight excluding hydrogens is 789 g/mol. The highest BCUT2D eigenvalue weighted by molar-refractivity contribution is 6.39. The molecule has 0 aromatic rings. The van der Waals surface area contributed by atoms with Crippen LogP contribution in [0.1, 0.15) is 105 Å². The number of ketones is 1. The van der Waals surface area contributed by atoms with Gasteiger partial charge in [0.05, 0.1) is 31.0 Å². The highest BCUT2D eigenvalue weighted by Crippen LogP contribution is 2.39. The molecule has 4 N–H and O–H groups in total. The number of Topliss-reactive ketones (excluding diaryl/α,β-unsaturated/α-hetero) is 1. The summed E-state index contributed by atoms with van der Waals surface area (Å²) in [5, 5.41) is 41.6. The lowest BCUT2D eigenvalue weighted by atomic mass is 9.81. The van der Waals surface area contributed by atoms with E-state index in [0.717, 1.165) is 5.57 Å². The van der Waals surface area contributed by atoms with Gasteiger partial charge in [-0.2, -0.15) is 0 Å². The lowest BCUT2D eigenvalue weighted by Crippen LogP contribution is -2.64. The minimum Gasteiger partial charge on any atom is -0.456 e. The van der Waals surface area contributed by atoms with E-state index in [0.29, 0.717) is 62.7 Å². The van der Waals surface area contributed by atoms with Crippen LogP contribution >= 0.6 is 0 Å². The van der Waals surface area contributed by atoms with Crippen molar-refractivity contribution in [2.45, 2.75) is 160 Å². The van der Waals surface area contributed by atoms with E-state index in [1.54, 1.807) is 20.1 Å². The van der Waals surface area contributed by atoms with Crippen molar-refractivity contribution in [1.82, 2.24) is 4.90 Å². The maximum absolute atomic E-state index is 14.6. The molecule has 14 atom stereocenters. The van der Waals surface area contributed by atoms with Crippen molar-refractivity contribution in [3.8, 4) is 0 Å². The standard InChI is InChI=1S/C46H74N2O13/c1-10-13-33-21-27(2)20-28(3)22-39(56-8)42-40(57-9)24-30(5)46(54,60-42)43(51)44(52)48-17-12-11-14-35(48)45(53)59-41(31(6)37(26-34(33)47)61-58-19-18-49)29(4)23-32-15-16-36(50)38(25-32)55-7/h10,21,23,28,30-33,35-42,47,49-50,54H,1,11-20,22,24-26H2,2-9H3/b27-21+,29-23+,47-34?/t28-,30+,31+,32-,33+,35-,36+,37-,38+,39-,40-,41+,42+,46+/m0/s1. The van der Waals surface area contributed by atoms with Crippen molar-refractivity contribution in [1.29, 1.82) is 5.41 Å². The second-order valence-electron chi connectivity index (χ2n) is 17.9. The summed E-state index contributed by atoms with van der Waals surface area (Å²) >= 11 is 0. The summed E-state index contributed by atoms with van der Waals surface area (Å²) in [5.74, 6) is -7.23. The fourth-order valence-corrected chi connectivity index (χ4v) is 9.74. The molecule has 3 aliphatic heterocycles. The van der Waals surface area contributed by atoms with Gasteiger partial charge in [0, 0.05) is 57.8 Å². The number of nitrogens with zero attached hydrogens (tertiary/aromatic N) is 1. The highest BCUT2D eigenvalue weighted by atomic mass is 17.2. The van der Waals surface area contributed by atoms with E-state index in [9.17, 15) is 35.1 Å². The largest absolute Gasteiger partial charge is 0.456 e. The Morgan fingerprint density at radius 1 is 0.984 bits per heavy atom. The number of esters is 1. The molecule has 1 aliphatic carbocycles. The molecular formula is C46H74N2O13.